The fraction of sp³-hybridized carbons (Fsp3) is 0.368. The fourth-order valence-corrected chi connectivity index (χ4v) is 4.27. The zero-order valence-corrected chi connectivity index (χ0v) is 15.5. The summed E-state index contributed by atoms with van der Waals surface area (Å²) in [6.07, 6.45) is 3.02. The second-order valence-electron chi connectivity index (χ2n) is 6.29. The number of ether oxygens (including phenoxy) is 1. The standard InChI is InChI=1S/C19H22N2O3S/c1-11(2)24-13-9-7-12(8-10-13)17(22)21-19-16(18(23)20-3)14-5-4-6-15(14)25-19/h7-11H,4-6H2,1-3H3,(H,20,23)(H,21,22). The first-order valence-corrected chi connectivity index (χ1v) is 9.26. The number of hydrogen-bond acceptors (Lipinski definition) is 4. The number of carbonyl (C=O) groups excluding carboxylic acids is 2. The highest BCUT2D eigenvalue weighted by Crippen LogP contribution is 2.39. The Kier molecular flexibility index (Phi) is 5.08. The maximum atomic E-state index is 12.6. The number of benzene rings is 1. The second-order valence-corrected chi connectivity index (χ2v) is 7.39. The lowest BCUT2D eigenvalue weighted by molar-refractivity contribution is 0.0963. The van der Waals surface area contributed by atoms with Crippen molar-refractivity contribution in [3.63, 3.8) is 0 Å². The van der Waals surface area contributed by atoms with E-state index in [2.05, 4.69) is 10.6 Å². The van der Waals surface area contributed by atoms with E-state index in [1.54, 1.807) is 31.3 Å². The van der Waals surface area contributed by atoms with Gasteiger partial charge in [0, 0.05) is 17.5 Å². The van der Waals surface area contributed by atoms with Gasteiger partial charge in [-0.05, 0) is 62.9 Å². The molecule has 1 heterocycles. The van der Waals surface area contributed by atoms with Gasteiger partial charge in [-0.3, -0.25) is 9.59 Å². The number of rotatable bonds is 5. The number of amides is 2. The Morgan fingerprint density at radius 3 is 2.48 bits per heavy atom. The second kappa shape index (κ2) is 7.27. The third-order valence-electron chi connectivity index (χ3n) is 4.09. The lowest BCUT2D eigenvalue weighted by atomic mass is 10.1. The van der Waals surface area contributed by atoms with Gasteiger partial charge in [0.15, 0.2) is 0 Å². The van der Waals surface area contributed by atoms with Crippen LogP contribution in [0.25, 0.3) is 0 Å². The van der Waals surface area contributed by atoms with Gasteiger partial charge < -0.3 is 15.4 Å². The first kappa shape index (κ1) is 17.5. The number of hydrogen-bond donors (Lipinski definition) is 2. The average Bonchev–Trinajstić information content (AvgIpc) is 3.14. The van der Waals surface area contributed by atoms with Gasteiger partial charge in [0.25, 0.3) is 11.8 Å². The Hall–Kier alpha value is -2.34. The zero-order valence-electron chi connectivity index (χ0n) is 14.6. The van der Waals surface area contributed by atoms with E-state index in [4.69, 9.17) is 4.74 Å². The van der Waals surface area contributed by atoms with Gasteiger partial charge in [0.1, 0.15) is 10.8 Å². The van der Waals surface area contributed by atoms with Crippen LogP contribution in [0.3, 0.4) is 0 Å². The third-order valence-corrected chi connectivity index (χ3v) is 5.30. The van der Waals surface area contributed by atoms with Crippen molar-refractivity contribution < 1.29 is 14.3 Å². The Morgan fingerprint density at radius 1 is 1.12 bits per heavy atom. The molecule has 0 spiro atoms. The third kappa shape index (κ3) is 3.69. The van der Waals surface area contributed by atoms with Crippen LogP contribution in [0, 0.1) is 0 Å². The number of aryl methyl sites for hydroxylation is 1. The van der Waals surface area contributed by atoms with Crippen LogP contribution in [-0.2, 0) is 12.8 Å². The Balaban J connectivity index is 1.80. The van der Waals surface area contributed by atoms with Crippen LogP contribution >= 0.6 is 11.3 Å². The molecule has 1 aliphatic carbocycles. The Bertz CT molecular complexity index is 794. The van der Waals surface area contributed by atoms with Crippen LogP contribution in [0.15, 0.2) is 24.3 Å². The molecule has 2 amide bonds. The first-order chi connectivity index (χ1) is 12.0. The van der Waals surface area contributed by atoms with E-state index in [0.717, 1.165) is 30.6 Å². The van der Waals surface area contributed by atoms with Crippen LogP contribution in [0.4, 0.5) is 5.00 Å². The monoisotopic (exact) mass is 358 g/mol. The van der Waals surface area contributed by atoms with Gasteiger partial charge in [0.2, 0.25) is 0 Å². The molecule has 2 aromatic rings. The molecule has 5 nitrogen and oxygen atoms in total. The summed E-state index contributed by atoms with van der Waals surface area (Å²) in [4.78, 5) is 26.0. The molecule has 2 N–H and O–H groups in total. The molecule has 0 fully saturated rings. The molecular weight excluding hydrogens is 336 g/mol. The van der Waals surface area contributed by atoms with Gasteiger partial charge in [0.05, 0.1) is 11.7 Å². The summed E-state index contributed by atoms with van der Waals surface area (Å²) in [7, 11) is 1.61. The van der Waals surface area contributed by atoms with Crippen LogP contribution in [-0.4, -0.2) is 25.0 Å². The van der Waals surface area contributed by atoms with E-state index < -0.39 is 0 Å². The van der Waals surface area contributed by atoms with E-state index >= 15 is 0 Å². The van der Waals surface area contributed by atoms with Crippen LogP contribution < -0.4 is 15.4 Å². The quantitative estimate of drug-likeness (QED) is 0.857. The van der Waals surface area contributed by atoms with E-state index in [-0.39, 0.29) is 17.9 Å². The van der Waals surface area contributed by atoms with E-state index in [1.807, 2.05) is 13.8 Å². The lowest BCUT2D eigenvalue weighted by Crippen LogP contribution is -2.21. The Labute approximate surface area is 151 Å². The van der Waals surface area contributed by atoms with Crippen molar-refractivity contribution in [2.24, 2.45) is 0 Å². The van der Waals surface area contributed by atoms with E-state index in [0.29, 0.717) is 16.1 Å². The van der Waals surface area contributed by atoms with Crippen molar-refractivity contribution in [1.29, 1.82) is 0 Å². The van der Waals surface area contributed by atoms with E-state index in [9.17, 15) is 9.59 Å². The molecule has 0 unspecified atom stereocenters. The summed E-state index contributed by atoms with van der Waals surface area (Å²) in [5.74, 6) is 0.365. The maximum absolute atomic E-state index is 12.6. The molecule has 25 heavy (non-hydrogen) atoms. The molecule has 0 aliphatic heterocycles. The summed E-state index contributed by atoms with van der Waals surface area (Å²) in [6, 6.07) is 7.02. The topological polar surface area (TPSA) is 67.4 Å². The summed E-state index contributed by atoms with van der Waals surface area (Å²) < 4.78 is 5.59. The van der Waals surface area contributed by atoms with Crippen molar-refractivity contribution in [3.8, 4) is 5.75 Å². The summed E-state index contributed by atoms with van der Waals surface area (Å²) in [6.45, 7) is 3.91. The molecule has 0 saturated carbocycles. The van der Waals surface area contributed by atoms with Gasteiger partial charge in [-0.2, -0.15) is 0 Å². The molecule has 6 heteroatoms. The minimum Gasteiger partial charge on any atom is -0.491 e. The van der Waals surface area contributed by atoms with Crippen LogP contribution in [0.1, 0.15) is 51.4 Å². The fourth-order valence-electron chi connectivity index (χ4n) is 2.99. The van der Waals surface area contributed by atoms with Gasteiger partial charge in [-0.1, -0.05) is 0 Å². The van der Waals surface area contributed by atoms with Gasteiger partial charge >= 0.3 is 0 Å². The average molecular weight is 358 g/mol. The van der Waals surface area contributed by atoms with Crippen molar-refractivity contribution in [3.05, 3.63) is 45.8 Å². The number of carbonyl (C=O) groups is 2. The van der Waals surface area contributed by atoms with E-state index in [1.165, 1.54) is 16.2 Å². The van der Waals surface area contributed by atoms with Crippen molar-refractivity contribution in [2.75, 3.05) is 12.4 Å². The number of thiophene rings is 1. The highest BCUT2D eigenvalue weighted by atomic mass is 32.1. The highest BCUT2D eigenvalue weighted by molar-refractivity contribution is 7.17. The largest absolute Gasteiger partial charge is 0.491 e. The molecule has 1 aromatic carbocycles. The minimum atomic E-state index is -0.221. The smallest absolute Gasteiger partial charge is 0.256 e. The zero-order chi connectivity index (χ0) is 18.0. The van der Waals surface area contributed by atoms with Crippen LogP contribution in [0.2, 0.25) is 0 Å². The van der Waals surface area contributed by atoms with Crippen molar-refractivity contribution >= 4 is 28.2 Å². The predicted octanol–water partition coefficient (Wildman–Crippen LogP) is 3.64. The predicted molar refractivity (Wildman–Crippen MR) is 99.9 cm³/mol. The molecule has 1 aromatic heterocycles. The molecule has 0 saturated heterocycles. The Morgan fingerprint density at radius 2 is 1.84 bits per heavy atom. The molecule has 0 bridgehead atoms. The van der Waals surface area contributed by atoms with Crippen molar-refractivity contribution in [2.45, 2.75) is 39.2 Å². The number of nitrogens with one attached hydrogen (secondary N) is 2. The lowest BCUT2D eigenvalue weighted by Gasteiger charge is -2.10. The number of anilines is 1. The van der Waals surface area contributed by atoms with Gasteiger partial charge in [-0.15, -0.1) is 11.3 Å². The molecule has 3 rings (SSSR count). The first-order valence-electron chi connectivity index (χ1n) is 8.44. The van der Waals surface area contributed by atoms with Crippen LogP contribution in [0.5, 0.6) is 5.75 Å². The maximum Gasteiger partial charge on any atom is 0.256 e. The molecule has 0 radical (unpaired) electrons. The highest BCUT2D eigenvalue weighted by Gasteiger charge is 2.27. The van der Waals surface area contributed by atoms with Gasteiger partial charge in [-0.25, -0.2) is 0 Å². The normalized spacial score (nSPS) is 12.8. The molecular formula is C19H22N2O3S. The number of fused-ring (bicyclic) bond motifs is 1. The summed E-state index contributed by atoms with van der Waals surface area (Å²) in [5.41, 5.74) is 2.24. The summed E-state index contributed by atoms with van der Waals surface area (Å²) in [5, 5.41) is 6.22. The van der Waals surface area contributed by atoms with Crippen molar-refractivity contribution in [1.82, 2.24) is 5.32 Å². The molecule has 132 valence electrons. The molecule has 1 aliphatic rings. The molecule has 0 atom stereocenters. The minimum absolute atomic E-state index is 0.0864. The summed E-state index contributed by atoms with van der Waals surface area (Å²) >= 11 is 1.51. The SMILES string of the molecule is CNC(=O)c1c(NC(=O)c2ccc(OC(C)C)cc2)sc2c1CCC2.